The number of benzene rings is 2. The molecule has 24 heavy (non-hydrogen) atoms. The Morgan fingerprint density at radius 3 is 1.38 bits per heavy atom. The summed E-state index contributed by atoms with van der Waals surface area (Å²) in [6, 6.07) is 7.42. The van der Waals surface area contributed by atoms with Gasteiger partial charge >= 0.3 is 0 Å². The highest BCUT2D eigenvalue weighted by atomic mass is 79.9. The number of H-pyrrole nitrogens is 2. The van der Waals surface area contributed by atoms with Crippen LogP contribution >= 0.6 is 63.7 Å². The van der Waals surface area contributed by atoms with Crippen LogP contribution in [0.4, 0.5) is 0 Å². The maximum Gasteiger partial charge on any atom is 0.150 e. The molecule has 0 amide bonds. The average Bonchev–Trinajstić information content (AvgIpc) is 2.99. The van der Waals surface area contributed by atoms with Crippen LogP contribution in [0.3, 0.4) is 0 Å². The molecule has 0 radical (unpaired) electrons. The summed E-state index contributed by atoms with van der Waals surface area (Å²) < 4.78 is 3.31. The Morgan fingerprint density at radius 2 is 1.00 bits per heavy atom. The summed E-state index contributed by atoms with van der Waals surface area (Å²) in [6.07, 6.45) is 0. The van der Waals surface area contributed by atoms with Gasteiger partial charge in [-0.1, -0.05) is 31.9 Å². The quantitative estimate of drug-likeness (QED) is 0.201. The molecule has 2 aromatic carbocycles. The van der Waals surface area contributed by atoms with E-state index in [1.165, 1.54) is 0 Å². The van der Waals surface area contributed by atoms with Crippen LogP contribution < -0.4 is 0 Å². The molecule has 2 heterocycles. The van der Waals surface area contributed by atoms with Crippen molar-refractivity contribution in [3.8, 4) is 22.9 Å². The van der Waals surface area contributed by atoms with Gasteiger partial charge in [-0.2, -0.15) is 0 Å². The van der Waals surface area contributed by atoms with E-state index >= 15 is 0 Å². The zero-order valence-corrected chi connectivity index (χ0v) is 18.1. The maximum absolute atomic E-state index is 10.6. The molecule has 0 saturated heterocycles. The number of hydrogen-bond acceptors (Lipinski definition) is 2. The molecule has 0 aliphatic rings. The second-order valence-electron chi connectivity index (χ2n) is 5.32. The molecule has 0 saturated carbocycles. The first-order chi connectivity index (χ1) is 11.4. The van der Waals surface area contributed by atoms with Gasteiger partial charge in [0.2, 0.25) is 0 Å². The van der Waals surface area contributed by atoms with Crippen LogP contribution in [-0.2, 0) is 0 Å². The molecule has 2 aromatic heterocycles. The molecule has 4 nitrogen and oxygen atoms in total. The number of aromatic amines is 2. The predicted molar refractivity (Wildman–Crippen MR) is 110 cm³/mol. The molecule has 4 aromatic rings. The Balaban J connectivity index is 2.07. The largest absolute Gasteiger partial charge is 0.505 e. The van der Waals surface area contributed by atoms with Crippen LogP contribution in [-0.4, -0.2) is 20.2 Å². The number of halogens is 4. The molecular formula is C16H8Br4N2O2. The van der Waals surface area contributed by atoms with Crippen LogP contribution in [0.1, 0.15) is 0 Å². The second kappa shape index (κ2) is 5.79. The average molecular weight is 580 g/mol. The van der Waals surface area contributed by atoms with Crippen molar-refractivity contribution in [1.82, 2.24) is 9.97 Å². The van der Waals surface area contributed by atoms with E-state index in [-0.39, 0.29) is 11.5 Å². The third-order valence-corrected chi connectivity index (χ3v) is 6.01. The van der Waals surface area contributed by atoms with Gasteiger partial charge in [0.15, 0.2) is 11.5 Å². The third kappa shape index (κ3) is 2.42. The van der Waals surface area contributed by atoms with Gasteiger partial charge in [-0.25, -0.2) is 0 Å². The van der Waals surface area contributed by atoms with Crippen LogP contribution in [0.5, 0.6) is 11.5 Å². The topological polar surface area (TPSA) is 72.0 Å². The van der Waals surface area contributed by atoms with Crippen LogP contribution in [0.2, 0.25) is 0 Å². The fourth-order valence-corrected chi connectivity index (χ4v) is 5.42. The first-order valence-electron chi connectivity index (χ1n) is 6.76. The summed E-state index contributed by atoms with van der Waals surface area (Å²) in [7, 11) is 0. The molecule has 0 spiro atoms. The molecule has 0 fully saturated rings. The van der Waals surface area contributed by atoms with E-state index in [1.807, 2.05) is 24.3 Å². The molecule has 0 unspecified atom stereocenters. The summed E-state index contributed by atoms with van der Waals surface area (Å²) in [5.41, 5.74) is 2.37. The minimum absolute atomic E-state index is 0.0732. The first kappa shape index (κ1) is 16.5. The minimum Gasteiger partial charge on any atom is -0.505 e. The number of nitrogens with one attached hydrogen (secondary N) is 2. The van der Waals surface area contributed by atoms with Gasteiger partial charge in [0.05, 0.1) is 11.0 Å². The molecule has 4 rings (SSSR count). The second-order valence-corrected chi connectivity index (χ2v) is 8.86. The van der Waals surface area contributed by atoms with Crippen LogP contribution in [0.25, 0.3) is 33.2 Å². The highest BCUT2D eigenvalue weighted by Gasteiger charge is 2.21. The van der Waals surface area contributed by atoms with Crippen molar-refractivity contribution in [2.24, 2.45) is 0 Å². The highest BCUT2D eigenvalue weighted by molar-refractivity contribution is 9.11. The number of hydrogen-bond donors (Lipinski definition) is 4. The fourth-order valence-electron chi connectivity index (χ4n) is 2.77. The predicted octanol–water partition coefficient (Wildman–Crippen LogP) is 6.78. The normalized spacial score (nSPS) is 11.7. The van der Waals surface area contributed by atoms with Crippen molar-refractivity contribution < 1.29 is 10.2 Å². The van der Waals surface area contributed by atoms with Gasteiger partial charge < -0.3 is 20.2 Å². The molecule has 122 valence electrons. The number of fused-ring (bicyclic) bond motifs is 2. The van der Waals surface area contributed by atoms with Crippen molar-refractivity contribution in [1.29, 1.82) is 0 Å². The lowest BCUT2D eigenvalue weighted by atomic mass is 10.2. The van der Waals surface area contributed by atoms with Gasteiger partial charge in [-0.05, 0) is 56.1 Å². The minimum atomic E-state index is 0.0732. The summed E-state index contributed by atoms with van der Waals surface area (Å²) in [5, 5.41) is 22.6. The van der Waals surface area contributed by atoms with E-state index in [2.05, 4.69) is 73.7 Å². The molecule has 0 aliphatic carbocycles. The summed E-state index contributed by atoms with van der Waals surface area (Å²) >= 11 is 13.8. The van der Waals surface area contributed by atoms with Gasteiger partial charge in [-0.3, -0.25) is 0 Å². The maximum atomic E-state index is 10.6. The van der Waals surface area contributed by atoms with E-state index in [0.29, 0.717) is 22.2 Å². The van der Waals surface area contributed by atoms with Crippen molar-refractivity contribution in [2.75, 3.05) is 0 Å². The monoisotopic (exact) mass is 576 g/mol. The summed E-state index contributed by atoms with van der Waals surface area (Å²) in [6.45, 7) is 0. The number of aromatic hydroxyl groups is 2. The summed E-state index contributed by atoms with van der Waals surface area (Å²) in [5.74, 6) is 0.146. The van der Waals surface area contributed by atoms with Gasteiger partial charge in [0, 0.05) is 28.7 Å². The van der Waals surface area contributed by atoms with E-state index < -0.39 is 0 Å². The lowest BCUT2D eigenvalue weighted by molar-refractivity contribution is 0.475. The van der Waals surface area contributed by atoms with Gasteiger partial charge in [0.25, 0.3) is 0 Å². The molecular weight excluding hydrogens is 572 g/mol. The Hall–Kier alpha value is -0.960. The molecule has 8 heteroatoms. The van der Waals surface area contributed by atoms with E-state index in [4.69, 9.17) is 0 Å². The van der Waals surface area contributed by atoms with Crippen LogP contribution in [0.15, 0.2) is 42.2 Å². The number of aromatic nitrogens is 2. The molecule has 0 atom stereocenters. The van der Waals surface area contributed by atoms with E-state index in [9.17, 15) is 10.2 Å². The Kier molecular flexibility index (Phi) is 3.98. The first-order valence-corrected chi connectivity index (χ1v) is 9.93. The molecule has 0 bridgehead atoms. The third-order valence-electron chi connectivity index (χ3n) is 3.84. The fraction of sp³-hybridized carbons (Fsp3) is 0. The lowest BCUT2D eigenvalue weighted by Crippen LogP contribution is -1.78. The SMILES string of the molecule is Oc1c(-c2[nH]c3c(Br)cc(Br)cc3c2O)[nH]c2c(Br)cc(Br)cc12. The lowest BCUT2D eigenvalue weighted by Gasteiger charge is -1.97. The molecule has 0 aliphatic heterocycles. The molecule has 4 N–H and O–H groups in total. The van der Waals surface area contributed by atoms with E-state index in [1.54, 1.807) is 0 Å². The Morgan fingerprint density at radius 1 is 0.625 bits per heavy atom. The van der Waals surface area contributed by atoms with Gasteiger partial charge in [0.1, 0.15) is 11.4 Å². The zero-order chi connectivity index (χ0) is 17.2. The zero-order valence-electron chi connectivity index (χ0n) is 11.7. The van der Waals surface area contributed by atoms with Gasteiger partial charge in [-0.15, -0.1) is 0 Å². The van der Waals surface area contributed by atoms with Crippen LogP contribution in [0, 0.1) is 0 Å². The summed E-state index contributed by atoms with van der Waals surface area (Å²) in [4.78, 5) is 6.35. The van der Waals surface area contributed by atoms with Crippen molar-refractivity contribution in [3.05, 3.63) is 42.2 Å². The van der Waals surface area contributed by atoms with Crippen molar-refractivity contribution in [2.45, 2.75) is 0 Å². The van der Waals surface area contributed by atoms with E-state index in [0.717, 1.165) is 28.9 Å². The number of rotatable bonds is 1. The Bertz CT molecular complexity index is 1040. The Labute approximate surface area is 169 Å². The highest BCUT2D eigenvalue weighted by Crippen LogP contribution is 2.46. The standard InChI is InChI=1S/C16H8Br4N2O2/c17-5-1-7-11(9(19)3-5)21-13(15(7)23)14-16(24)8-2-6(18)4-10(20)12(8)22-14/h1-4,21-24H. The van der Waals surface area contributed by atoms with Crippen molar-refractivity contribution >= 4 is 85.5 Å². The smallest absolute Gasteiger partial charge is 0.150 e. The van der Waals surface area contributed by atoms with Crippen molar-refractivity contribution in [3.63, 3.8) is 0 Å².